The van der Waals surface area contributed by atoms with Gasteiger partial charge in [-0.3, -0.25) is 4.98 Å². The van der Waals surface area contributed by atoms with Crippen molar-refractivity contribution in [3.63, 3.8) is 0 Å². The number of fused-ring (bicyclic) bond motifs is 5. The highest BCUT2D eigenvalue weighted by Crippen LogP contribution is 2.45. The van der Waals surface area contributed by atoms with Crippen LogP contribution in [-0.2, 0) is 0 Å². The smallest absolute Gasteiger partial charge is 0.0991 e. The number of rotatable bonds is 3. The number of nitriles is 1. The lowest BCUT2D eigenvalue weighted by Gasteiger charge is -2.19. The van der Waals surface area contributed by atoms with Gasteiger partial charge in [-0.05, 0) is 112 Å². The lowest BCUT2D eigenvalue weighted by molar-refractivity contribution is 1.18. The Labute approximate surface area is 249 Å². The Bertz CT molecular complexity index is 2410. The van der Waals surface area contributed by atoms with Gasteiger partial charge in [0, 0.05) is 28.9 Å². The molecule has 3 nitrogen and oxygen atoms in total. The Morgan fingerprint density at radius 1 is 0.535 bits per heavy atom. The van der Waals surface area contributed by atoms with E-state index in [0.29, 0.717) is 5.56 Å². The molecule has 43 heavy (non-hydrogen) atoms. The normalized spacial score (nSPS) is 11.5. The van der Waals surface area contributed by atoms with E-state index in [2.05, 4.69) is 127 Å². The first-order chi connectivity index (χ1) is 21.1. The lowest BCUT2D eigenvalue weighted by Crippen LogP contribution is -1.94. The van der Waals surface area contributed by atoms with Crippen LogP contribution in [0.5, 0.6) is 0 Å². The van der Waals surface area contributed by atoms with Gasteiger partial charge < -0.3 is 4.57 Å². The molecule has 0 radical (unpaired) electrons. The molecule has 2 heterocycles. The third-order valence-corrected chi connectivity index (χ3v) is 8.59. The van der Waals surface area contributed by atoms with Crippen LogP contribution in [-0.4, -0.2) is 9.55 Å². The predicted octanol–water partition coefficient (Wildman–Crippen LogP) is 10.3. The first-order valence-corrected chi connectivity index (χ1v) is 14.5. The van der Waals surface area contributed by atoms with Crippen LogP contribution in [0.4, 0.5) is 0 Å². The van der Waals surface area contributed by atoms with E-state index in [0.717, 1.165) is 38.6 Å². The zero-order valence-corrected chi connectivity index (χ0v) is 24.0. The fourth-order valence-electron chi connectivity index (χ4n) is 6.70. The second-order valence-corrected chi connectivity index (χ2v) is 11.3. The van der Waals surface area contributed by atoms with E-state index >= 15 is 0 Å². The molecule has 0 bridgehead atoms. The molecule has 8 aromatic rings. The SMILES string of the molecule is Cc1ccc2c(-c3ccc4c(c3)c3cc(C#N)ccc3n4-c3ccccc3)c3cc(C)ccc3c(-c3ccncc3)c2c1. The molecule has 6 aromatic carbocycles. The minimum absolute atomic E-state index is 0.661. The second kappa shape index (κ2) is 9.69. The Hall–Kier alpha value is -5.72. The van der Waals surface area contributed by atoms with Crippen molar-refractivity contribution in [2.75, 3.05) is 0 Å². The van der Waals surface area contributed by atoms with Crippen LogP contribution in [0.2, 0.25) is 0 Å². The summed E-state index contributed by atoms with van der Waals surface area (Å²) in [5, 5.41) is 16.9. The zero-order valence-electron chi connectivity index (χ0n) is 24.0. The minimum atomic E-state index is 0.661. The summed E-state index contributed by atoms with van der Waals surface area (Å²) in [6.07, 6.45) is 3.74. The predicted molar refractivity (Wildman–Crippen MR) is 179 cm³/mol. The van der Waals surface area contributed by atoms with Gasteiger partial charge in [0.2, 0.25) is 0 Å². The summed E-state index contributed by atoms with van der Waals surface area (Å²) in [5.41, 5.74) is 11.2. The fourth-order valence-corrected chi connectivity index (χ4v) is 6.70. The molecule has 0 saturated carbocycles. The molecule has 0 aliphatic carbocycles. The molecule has 0 amide bonds. The van der Waals surface area contributed by atoms with Gasteiger partial charge in [-0.1, -0.05) is 71.8 Å². The molecule has 2 aromatic heterocycles. The minimum Gasteiger partial charge on any atom is -0.309 e. The third kappa shape index (κ3) is 3.92. The van der Waals surface area contributed by atoms with Crippen molar-refractivity contribution < 1.29 is 0 Å². The van der Waals surface area contributed by atoms with E-state index in [1.165, 1.54) is 43.8 Å². The average Bonchev–Trinajstić information content (AvgIpc) is 3.37. The van der Waals surface area contributed by atoms with E-state index in [1.54, 1.807) is 0 Å². The second-order valence-electron chi connectivity index (χ2n) is 11.3. The summed E-state index contributed by atoms with van der Waals surface area (Å²) in [6.45, 7) is 4.32. The number of aryl methyl sites for hydroxylation is 2. The summed E-state index contributed by atoms with van der Waals surface area (Å²) in [6, 6.07) is 43.4. The Morgan fingerprint density at radius 2 is 1.14 bits per heavy atom. The van der Waals surface area contributed by atoms with Crippen LogP contribution in [0.25, 0.3) is 71.3 Å². The van der Waals surface area contributed by atoms with E-state index in [1.807, 2.05) is 30.6 Å². The summed E-state index contributed by atoms with van der Waals surface area (Å²) in [5.74, 6) is 0. The van der Waals surface area contributed by atoms with Crippen LogP contribution in [0, 0.1) is 25.2 Å². The van der Waals surface area contributed by atoms with Gasteiger partial charge in [-0.25, -0.2) is 0 Å². The van der Waals surface area contributed by atoms with Crippen molar-refractivity contribution in [1.82, 2.24) is 9.55 Å². The highest BCUT2D eigenvalue weighted by molar-refractivity contribution is 6.22. The first-order valence-electron chi connectivity index (χ1n) is 14.5. The van der Waals surface area contributed by atoms with E-state index in [4.69, 9.17) is 0 Å². The van der Waals surface area contributed by atoms with Crippen molar-refractivity contribution in [2.24, 2.45) is 0 Å². The quantitative estimate of drug-likeness (QED) is 0.206. The highest BCUT2D eigenvalue weighted by Gasteiger charge is 2.19. The van der Waals surface area contributed by atoms with E-state index in [-0.39, 0.29) is 0 Å². The van der Waals surface area contributed by atoms with Crippen LogP contribution in [0.3, 0.4) is 0 Å². The lowest BCUT2D eigenvalue weighted by atomic mass is 9.85. The van der Waals surface area contributed by atoms with Crippen molar-refractivity contribution in [2.45, 2.75) is 13.8 Å². The summed E-state index contributed by atoms with van der Waals surface area (Å²) < 4.78 is 2.30. The molecule has 0 saturated heterocycles. The van der Waals surface area contributed by atoms with Gasteiger partial charge in [0.15, 0.2) is 0 Å². The van der Waals surface area contributed by atoms with Gasteiger partial charge in [0.25, 0.3) is 0 Å². The van der Waals surface area contributed by atoms with Crippen LogP contribution >= 0.6 is 0 Å². The monoisotopic (exact) mass is 549 g/mol. The molecule has 0 spiro atoms. The zero-order chi connectivity index (χ0) is 29.1. The Morgan fingerprint density at radius 3 is 1.79 bits per heavy atom. The number of benzene rings is 6. The average molecular weight is 550 g/mol. The largest absolute Gasteiger partial charge is 0.309 e. The highest BCUT2D eigenvalue weighted by atomic mass is 15.0. The Balaban J connectivity index is 1.51. The third-order valence-electron chi connectivity index (χ3n) is 8.59. The van der Waals surface area contributed by atoms with Gasteiger partial charge in [0.05, 0.1) is 22.7 Å². The van der Waals surface area contributed by atoms with Gasteiger partial charge in [0.1, 0.15) is 0 Å². The van der Waals surface area contributed by atoms with Crippen molar-refractivity contribution in [3.05, 3.63) is 144 Å². The number of hydrogen-bond donors (Lipinski definition) is 0. The first kappa shape index (κ1) is 25.0. The van der Waals surface area contributed by atoms with E-state index in [9.17, 15) is 5.26 Å². The van der Waals surface area contributed by atoms with Gasteiger partial charge in [-0.2, -0.15) is 5.26 Å². The van der Waals surface area contributed by atoms with Crippen LogP contribution in [0.1, 0.15) is 16.7 Å². The molecule has 202 valence electrons. The number of para-hydroxylation sites is 1. The maximum absolute atomic E-state index is 9.77. The van der Waals surface area contributed by atoms with Crippen molar-refractivity contribution in [3.8, 4) is 34.0 Å². The molecule has 8 rings (SSSR count). The molecule has 0 atom stereocenters. The van der Waals surface area contributed by atoms with E-state index < -0.39 is 0 Å². The van der Waals surface area contributed by atoms with Gasteiger partial charge in [-0.15, -0.1) is 0 Å². The molecular weight excluding hydrogens is 522 g/mol. The standard InChI is InChI=1S/C40H27N3/c1-25-9-13-32-35(20-25)39(28-16-18-42-19-17-28)31-12-8-26(2)21-36(31)40(32)29-11-15-38-34(23-29)33-22-27(24-41)10-14-37(33)43(38)30-6-4-3-5-7-30/h3-23H,1-2H3. The fraction of sp³-hybridized carbons (Fsp3) is 0.0500. The van der Waals surface area contributed by atoms with Crippen molar-refractivity contribution in [1.29, 1.82) is 5.26 Å². The molecular formula is C40H27N3. The number of aromatic nitrogens is 2. The topological polar surface area (TPSA) is 41.6 Å². The summed E-state index contributed by atoms with van der Waals surface area (Å²) >= 11 is 0. The summed E-state index contributed by atoms with van der Waals surface area (Å²) in [7, 11) is 0. The molecule has 0 unspecified atom stereocenters. The van der Waals surface area contributed by atoms with Crippen molar-refractivity contribution >= 4 is 43.4 Å². The molecule has 0 N–H and O–H groups in total. The van der Waals surface area contributed by atoms with Crippen LogP contribution < -0.4 is 0 Å². The molecule has 0 fully saturated rings. The molecule has 3 heteroatoms. The Kier molecular flexibility index (Phi) is 5.64. The van der Waals surface area contributed by atoms with Crippen LogP contribution in [0.15, 0.2) is 128 Å². The summed E-state index contributed by atoms with van der Waals surface area (Å²) in [4.78, 5) is 4.30. The number of pyridine rings is 1. The maximum atomic E-state index is 9.77. The molecule has 0 aliphatic heterocycles. The number of hydrogen-bond acceptors (Lipinski definition) is 2. The van der Waals surface area contributed by atoms with Gasteiger partial charge >= 0.3 is 0 Å². The number of nitrogens with zero attached hydrogens (tertiary/aromatic N) is 3. The maximum Gasteiger partial charge on any atom is 0.0991 e. The molecule has 0 aliphatic rings.